The van der Waals surface area contributed by atoms with E-state index in [0.717, 1.165) is 35.5 Å². The summed E-state index contributed by atoms with van der Waals surface area (Å²) < 4.78 is 42.0. The first-order chi connectivity index (χ1) is 14.0. The molecule has 0 radical (unpaired) electrons. The van der Waals surface area contributed by atoms with Gasteiger partial charge in [0.25, 0.3) is 5.82 Å². The minimum atomic E-state index is -4.60. The van der Waals surface area contributed by atoms with Crippen molar-refractivity contribution < 1.29 is 13.2 Å². The molecule has 1 saturated heterocycles. The van der Waals surface area contributed by atoms with E-state index in [9.17, 15) is 13.2 Å². The van der Waals surface area contributed by atoms with Crippen molar-refractivity contribution in [1.29, 1.82) is 0 Å². The fraction of sp³-hybridized carbons (Fsp3) is 0.333. The molecule has 0 saturated carbocycles. The van der Waals surface area contributed by atoms with E-state index in [2.05, 4.69) is 25.2 Å². The summed E-state index contributed by atoms with van der Waals surface area (Å²) in [5, 5.41) is 10.9. The number of hydrogen-bond acceptors (Lipinski definition) is 6. The Morgan fingerprint density at radius 3 is 2.52 bits per heavy atom. The van der Waals surface area contributed by atoms with Gasteiger partial charge in [-0.25, -0.2) is 4.98 Å². The van der Waals surface area contributed by atoms with Gasteiger partial charge < -0.3 is 9.30 Å². The molecule has 1 aliphatic rings. The van der Waals surface area contributed by atoms with Crippen LogP contribution in [-0.4, -0.2) is 60.3 Å². The molecule has 0 amide bonds. The highest BCUT2D eigenvalue weighted by atomic mass is 19.4. The molecule has 150 valence electrons. The van der Waals surface area contributed by atoms with Crippen molar-refractivity contribution in [3.05, 3.63) is 54.2 Å². The van der Waals surface area contributed by atoms with Gasteiger partial charge in [0.05, 0.1) is 5.69 Å². The van der Waals surface area contributed by atoms with Crippen molar-refractivity contribution in [2.24, 2.45) is 0 Å². The topological polar surface area (TPSA) is 66.9 Å². The smallest absolute Gasteiger partial charge is 0.353 e. The van der Waals surface area contributed by atoms with Gasteiger partial charge in [-0.3, -0.25) is 4.90 Å². The standard InChI is InChI=1S/C18H17F3N8/c19-18(20,21)17-24-23-15-4-5-16(25-29(15)17)27-9-7-26(8-10-27)11-13-12-28-6-2-1-3-14(28)22-13/h1-6,12H,7-11H2. The average Bonchev–Trinajstić information content (AvgIpc) is 3.31. The van der Waals surface area contributed by atoms with Crippen molar-refractivity contribution in [3.63, 3.8) is 0 Å². The van der Waals surface area contributed by atoms with Gasteiger partial charge >= 0.3 is 6.18 Å². The Hall–Kier alpha value is -3.21. The average molecular weight is 402 g/mol. The van der Waals surface area contributed by atoms with E-state index in [1.807, 2.05) is 39.9 Å². The largest absolute Gasteiger partial charge is 0.453 e. The summed E-state index contributed by atoms with van der Waals surface area (Å²) in [6.07, 6.45) is -0.620. The Labute approximate surface area is 163 Å². The summed E-state index contributed by atoms with van der Waals surface area (Å²) in [6.45, 7) is 3.58. The Bertz CT molecular complexity index is 1120. The van der Waals surface area contributed by atoms with Gasteiger partial charge in [0, 0.05) is 45.1 Å². The Kier molecular flexibility index (Phi) is 4.12. The minimum absolute atomic E-state index is 0.0755. The molecule has 11 heteroatoms. The number of piperazine rings is 1. The normalized spacial score (nSPS) is 16.2. The second-order valence-electron chi connectivity index (χ2n) is 6.94. The van der Waals surface area contributed by atoms with Crippen LogP contribution in [0.3, 0.4) is 0 Å². The SMILES string of the molecule is FC(F)(F)c1nnc2ccc(N3CCN(Cc4cn5ccccc5n4)CC3)nn12. The van der Waals surface area contributed by atoms with Crippen LogP contribution >= 0.6 is 0 Å². The van der Waals surface area contributed by atoms with Crippen LogP contribution in [0.25, 0.3) is 11.3 Å². The third-order valence-corrected chi connectivity index (χ3v) is 5.00. The highest BCUT2D eigenvalue weighted by Gasteiger charge is 2.37. The van der Waals surface area contributed by atoms with Crippen LogP contribution < -0.4 is 4.90 Å². The number of imidazole rings is 1. The second kappa shape index (κ2) is 6.69. The Morgan fingerprint density at radius 1 is 0.931 bits per heavy atom. The zero-order valence-corrected chi connectivity index (χ0v) is 15.3. The molecule has 0 spiro atoms. The van der Waals surface area contributed by atoms with Gasteiger partial charge in [0.2, 0.25) is 0 Å². The predicted molar refractivity (Wildman–Crippen MR) is 98.5 cm³/mol. The molecule has 5 rings (SSSR count). The van der Waals surface area contributed by atoms with Gasteiger partial charge in [0.15, 0.2) is 5.65 Å². The molecule has 0 N–H and O–H groups in total. The van der Waals surface area contributed by atoms with Crippen molar-refractivity contribution in [1.82, 2.24) is 34.1 Å². The number of pyridine rings is 1. The molecule has 0 bridgehead atoms. The second-order valence-corrected chi connectivity index (χ2v) is 6.94. The molecule has 1 aliphatic heterocycles. The van der Waals surface area contributed by atoms with Crippen molar-refractivity contribution in [2.75, 3.05) is 31.1 Å². The molecule has 0 aromatic carbocycles. The summed E-state index contributed by atoms with van der Waals surface area (Å²) in [5.41, 5.74) is 1.98. The highest BCUT2D eigenvalue weighted by molar-refractivity contribution is 5.46. The van der Waals surface area contributed by atoms with Gasteiger partial charge in [-0.15, -0.1) is 15.3 Å². The zero-order chi connectivity index (χ0) is 20.0. The number of rotatable bonds is 3. The Morgan fingerprint density at radius 2 is 1.76 bits per heavy atom. The number of alkyl halides is 3. The van der Waals surface area contributed by atoms with E-state index < -0.39 is 12.0 Å². The van der Waals surface area contributed by atoms with Crippen LogP contribution in [0.5, 0.6) is 0 Å². The predicted octanol–water partition coefficient (Wildman–Crippen LogP) is 2.11. The highest BCUT2D eigenvalue weighted by Crippen LogP contribution is 2.28. The van der Waals surface area contributed by atoms with Crippen LogP contribution in [-0.2, 0) is 12.7 Å². The van der Waals surface area contributed by atoms with Crippen molar-refractivity contribution in [3.8, 4) is 0 Å². The maximum absolute atomic E-state index is 13.1. The van der Waals surface area contributed by atoms with E-state index in [1.165, 1.54) is 6.07 Å². The first kappa shape index (κ1) is 17.9. The number of hydrogen-bond donors (Lipinski definition) is 0. The lowest BCUT2D eigenvalue weighted by Gasteiger charge is -2.34. The molecule has 1 fully saturated rings. The van der Waals surface area contributed by atoms with Gasteiger partial charge in [0.1, 0.15) is 11.5 Å². The number of nitrogens with zero attached hydrogens (tertiary/aromatic N) is 8. The van der Waals surface area contributed by atoms with Gasteiger partial charge in [-0.2, -0.15) is 17.7 Å². The molecular weight excluding hydrogens is 385 g/mol. The van der Waals surface area contributed by atoms with Gasteiger partial charge in [-0.1, -0.05) is 6.07 Å². The van der Waals surface area contributed by atoms with E-state index in [-0.39, 0.29) is 5.65 Å². The van der Waals surface area contributed by atoms with Crippen molar-refractivity contribution in [2.45, 2.75) is 12.7 Å². The number of halogens is 3. The first-order valence-corrected chi connectivity index (χ1v) is 9.17. The summed E-state index contributed by atoms with van der Waals surface area (Å²) in [7, 11) is 0. The fourth-order valence-electron chi connectivity index (χ4n) is 3.55. The maximum atomic E-state index is 13.1. The zero-order valence-electron chi connectivity index (χ0n) is 15.3. The molecular formula is C18H17F3N8. The lowest BCUT2D eigenvalue weighted by molar-refractivity contribution is -0.146. The molecule has 0 atom stereocenters. The summed E-state index contributed by atoms with van der Waals surface area (Å²) in [6, 6.07) is 9.06. The fourth-order valence-corrected chi connectivity index (χ4v) is 3.55. The summed E-state index contributed by atoms with van der Waals surface area (Å²) in [4.78, 5) is 8.86. The monoisotopic (exact) mass is 402 g/mol. The lowest BCUT2D eigenvalue weighted by atomic mass is 10.3. The molecule has 0 unspecified atom stereocenters. The van der Waals surface area contributed by atoms with E-state index >= 15 is 0 Å². The van der Waals surface area contributed by atoms with Gasteiger partial charge in [-0.05, 0) is 24.3 Å². The number of anilines is 1. The molecule has 5 heterocycles. The summed E-state index contributed by atoms with van der Waals surface area (Å²) >= 11 is 0. The molecule has 8 nitrogen and oxygen atoms in total. The first-order valence-electron chi connectivity index (χ1n) is 9.17. The third kappa shape index (κ3) is 3.37. The number of fused-ring (bicyclic) bond motifs is 2. The summed E-state index contributed by atoms with van der Waals surface area (Å²) in [5.74, 6) is -0.630. The van der Waals surface area contributed by atoms with E-state index in [1.54, 1.807) is 6.07 Å². The van der Waals surface area contributed by atoms with Crippen LogP contribution in [0, 0.1) is 0 Å². The van der Waals surface area contributed by atoms with Crippen LogP contribution in [0.4, 0.5) is 19.0 Å². The van der Waals surface area contributed by atoms with Crippen LogP contribution in [0.15, 0.2) is 42.7 Å². The van der Waals surface area contributed by atoms with Crippen molar-refractivity contribution >= 4 is 17.1 Å². The van der Waals surface area contributed by atoms with E-state index in [4.69, 9.17) is 0 Å². The lowest BCUT2D eigenvalue weighted by Crippen LogP contribution is -2.46. The minimum Gasteiger partial charge on any atom is -0.353 e. The quantitative estimate of drug-likeness (QED) is 0.523. The molecule has 4 aromatic rings. The third-order valence-electron chi connectivity index (χ3n) is 5.00. The van der Waals surface area contributed by atoms with Crippen LogP contribution in [0.2, 0.25) is 0 Å². The molecule has 29 heavy (non-hydrogen) atoms. The molecule has 4 aromatic heterocycles. The number of aromatic nitrogens is 6. The Balaban J connectivity index is 1.29. The maximum Gasteiger partial charge on any atom is 0.453 e. The van der Waals surface area contributed by atoms with E-state index in [0.29, 0.717) is 18.9 Å². The molecule has 0 aliphatic carbocycles. The van der Waals surface area contributed by atoms with Crippen LogP contribution in [0.1, 0.15) is 11.5 Å².